The van der Waals surface area contributed by atoms with Crippen LogP contribution in [0.1, 0.15) is 17.3 Å². The molecule has 2 amide bonds. The SMILES string of the molecule is CC(=O)NC1[C@H](OCCOCCOCCNC(=O)c2c(F)c(F)c(N=[N+]=[N-])c(F)c2F)OC(CO)[C@@H](O)[C@@H]1O. The van der Waals surface area contributed by atoms with E-state index in [1.807, 2.05) is 5.32 Å². The van der Waals surface area contributed by atoms with Crippen LogP contribution in [0, 0.1) is 23.3 Å². The summed E-state index contributed by atoms with van der Waals surface area (Å²) in [6, 6.07) is -1.10. The Bertz CT molecular complexity index is 1030. The summed E-state index contributed by atoms with van der Waals surface area (Å²) < 4.78 is 76.8. The predicted octanol–water partition coefficient (Wildman–Crippen LogP) is -0.0919. The van der Waals surface area contributed by atoms with Crippen molar-refractivity contribution in [2.75, 3.05) is 46.2 Å². The Kier molecular flexibility index (Phi) is 12.8. The third-order valence-corrected chi connectivity index (χ3v) is 5.28. The smallest absolute Gasteiger partial charge is 0.257 e. The third kappa shape index (κ3) is 8.45. The molecule has 1 heterocycles. The van der Waals surface area contributed by atoms with E-state index >= 15 is 0 Å². The fraction of sp³-hybridized carbons (Fsp3) is 0.619. The van der Waals surface area contributed by atoms with Crippen molar-refractivity contribution in [2.45, 2.75) is 37.6 Å². The van der Waals surface area contributed by atoms with Gasteiger partial charge in [0, 0.05) is 18.4 Å². The number of ether oxygens (including phenoxy) is 4. The van der Waals surface area contributed by atoms with Crippen LogP contribution in [-0.4, -0.2) is 104 Å². The predicted molar refractivity (Wildman–Crippen MR) is 120 cm³/mol. The van der Waals surface area contributed by atoms with Gasteiger partial charge in [0.15, 0.2) is 29.6 Å². The Morgan fingerprint density at radius 2 is 1.59 bits per heavy atom. The Labute approximate surface area is 218 Å². The van der Waals surface area contributed by atoms with Gasteiger partial charge in [-0.25, -0.2) is 17.6 Å². The summed E-state index contributed by atoms with van der Waals surface area (Å²) >= 11 is 0. The number of aliphatic hydroxyl groups excluding tert-OH is 3. The summed E-state index contributed by atoms with van der Waals surface area (Å²) in [4.78, 5) is 25.4. The summed E-state index contributed by atoms with van der Waals surface area (Å²) in [5.74, 6) is -10.0. The zero-order valence-electron chi connectivity index (χ0n) is 20.5. The average molecular weight is 569 g/mol. The Hall–Kier alpha value is -3.09. The van der Waals surface area contributed by atoms with Gasteiger partial charge in [0.1, 0.15) is 35.6 Å². The van der Waals surface area contributed by atoms with Crippen LogP contribution in [0.5, 0.6) is 0 Å². The van der Waals surface area contributed by atoms with Gasteiger partial charge in [0.2, 0.25) is 5.91 Å². The van der Waals surface area contributed by atoms with Gasteiger partial charge in [-0.1, -0.05) is 5.11 Å². The monoisotopic (exact) mass is 569 g/mol. The molecular weight excluding hydrogens is 542 g/mol. The maximum atomic E-state index is 14.0. The number of nitrogens with one attached hydrogen (secondary N) is 2. The van der Waals surface area contributed by atoms with Gasteiger partial charge in [-0.05, 0) is 5.53 Å². The molecule has 1 fully saturated rings. The van der Waals surface area contributed by atoms with E-state index in [0.29, 0.717) is 0 Å². The van der Waals surface area contributed by atoms with E-state index in [9.17, 15) is 42.5 Å². The zero-order chi connectivity index (χ0) is 29.1. The number of aliphatic hydroxyl groups is 3. The molecular formula is C21H27F4N5O9. The Morgan fingerprint density at radius 1 is 1.00 bits per heavy atom. The van der Waals surface area contributed by atoms with Crippen molar-refractivity contribution in [2.24, 2.45) is 5.11 Å². The van der Waals surface area contributed by atoms with Crippen LogP contribution < -0.4 is 10.6 Å². The molecule has 0 aromatic heterocycles. The van der Waals surface area contributed by atoms with E-state index in [0.717, 1.165) is 0 Å². The summed E-state index contributed by atoms with van der Waals surface area (Å²) in [5, 5.41) is 36.4. The fourth-order valence-electron chi connectivity index (χ4n) is 3.44. The Morgan fingerprint density at radius 3 is 2.15 bits per heavy atom. The molecule has 5 N–H and O–H groups in total. The average Bonchev–Trinajstić information content (AvgIpc) is 2.90. The molecule has 218 valence electrons. The molecule has 0 radical (unpaired) electrons. The number of azide groups is 1. The van der Waals surface area contributed by atoms with Crippen LogP contribution in [0.2, 0.25) is 0 Å². The van der Waals surface area contributed by atoms with Crippen molar-refractivity contribution in [3.63, 3.8) is 0 Å². The van der Waals surface area contributed by atoms with Crippen LogP contribution in [0.15, 0.2) is 5.11 Å². The second kappa shape index (κ2) is 15.5. The normalized spacial score (nSPS) is 22.7. The lowest BCUT2D eigenvalue weighted by Crippen LogP contribution is -2.64. The number of benzene rings is 1. The first kappa shape index (κ1) is 32.1. The molecule has 1 saturated heterocycles. The van der Waals surface area contributed by atoms with Gasteiger partial charge in [-0.15, -0.1) is 0 Å². The van der Waals surface area contributed by atoms with Crippen LogP contribution in [0.25, 0.3) is 10.4 Å². The largest absolute Gasteiger partial charge is 0.394 e. The number of nitrogens with zero attached hydrogens (tertiary/aromatic N) is 3. The highest BCUT2D eigenvalue weighted by Crippen LogP contribution is 2.30. The summed E-state index contributed by atoms with van der Waals surface area (Å²) in [7, 11) is 0. The lowest BCUT2D eigenvalue weighted by Gasteiger charge is -2.42. The molecule has 14 nitrogen and oxygen atoms in total. The number of carbonyl (C=O) groups is 2. The molecule has 0 bridgehead atoms. The molecule has 1 aromatic carbocycles. The fourth-order valence-corrected chi connectivity index (χ4v) is 3.44. The molecule has 2 unspecified atom stereocenters. The number of carbonyl (C=O) groups excluding carboxylic acids is 2. The maximum Gasteiger partial charge on any atom is 0.257 e. The first-order valence-corrected chi connectivity index (χ1v) is 11.4. The van der Waals surface area contributed by atoms with Crippen molar-refractivity contribution in [3.05, 3.63) is 39.3 Å². The first-order chi connectivity index (χ1) is 18.5. The van der Waals surface area contributed by atoms with Gasteiger partial charge in [-0.2, -0.15) is 0 Å². The van der Waals surface area contributed by atoms with Crippen molar-refractivity contribution >= 4 is 17.5 Å². The van der Waals surface area contributed by atoms with Gasteiger partial charge in [0.05, 0.1) is 39.6 Å². The molecule has 18 heteroatoms. The minimum atomic E-state index is -2.02. The van der Waals surface area contributed by atoms with Gasteiger partial charge >= 0.3 is 0 Å². The summed E-state index contributed by atoms with van der Waals surface area (Å²) in [6.45, 7) is 0.147. The highest BCUT2D eigenvalue weighted by Gasteiger charge is 2.45. The number of rotatable bonds is 14. The number of halogens is 4. The standard InChI is InChI=1S/C21H27F4N5O9/c1-9(32)28-17-19(34)18(33)10(8-31)39-21(17)38-7-6-37-5-4-36-3-2-27-20(35)11-12(22)14(24)16(29-30-26)15(25)13(11)23/h10,17-19,21,31,33-34H,2-8H2,1H3,(H,27,35)(H,28,32)/t10?,17?,18-,19-,21-/m1/s1. The van der Waals surface area contributed by atoms with E-state index in [2.05, 4.69) is 15.3 Å². The second-order valence-corrected chi connectivity index (χ2v) is 7.95. The van der Waals surface area contributed by atoms with Gasteiger partial charge in [0.25, 0.3) is 5.91 Å². The van der Waals surface area contributed by atoms with Crippen LogP contribution in [0.4, 0.5) is 23.2 Å². The quantitative estimate of drug-likeness (QED) is 0.0506. The van der Waals surface area contributed by atoms with Crippen molar-refractivity contribution in [3.8, 4) is 0 Å². The molecule has 2 rings (SSSR count). The van der Waals surface area contributed by atoms with Crippen molar-refractivity contribution in [1.29, 1.82) is 0 Å². The first-order valence-electron chi connectivity index (χ1n) is 11.4. The molecule has 1 aliphatic heterocycles. The summed E-state index contributed by atoms with van der Waals surface area (Å²) in [6.07, 6.45) is -5.22. The molecule has 0 saturated carbocycles. The third-order valence-electron chi connectivity index (χ3n) is 5.28. The number of amides is 2. The van der Waals surface area contributed by atoms with E-state index in [4.69, 9.17) is 24.5 Å². The lowest BCUT2D eigenvalue weighted by atomic mass is 9.97. The minimum Gasteiger partial charge on any atom is -0.394 e. The second-order valence-electron chi connectivity index (χ2n) is 7.95. The lowest BCUT2D eigenvalue weighted by molar-refractivity contribution is -0.272. The van der Waals surface area contributed by atoms with Gasteiger partial charge < -0.3 is 44.9 Å². The molecule has 1 aromatic rings. The van der Waals surface area contributed by atoms with E-state index in [1.54, 1.807) is 0 Å². The number of hydrogen-bond acceptors (Lipinski definition) is 10. The topological polar surface area (TPSA) is 205 Å². The Balaban J connectivity index is 1.69. The number of hydrogen-bond donors (Lipinski definition) is 5. The molecule has 1 aliphatic rings. The zero-order valence-corrected chi connectivity index (χ0v) is 20.5. The molecule has 0 aliphatic carbocycles. The highest BCUT2D eigenvalue weighted by atomic mass is 19.2. The van der Waals surface area contributed by atoms with E-state index < -0.39 is 83.6 Å². The van der Waals surface area contributed by atoms with Crippen LogP contribution in [0.3, 0.4) is 0 Å². The van der Waals surface area contributed by atoms with E-state index in [-0.39, 0.29) is 39.6 Å². The highest BCUT2D eigenvalue weighted by molar-refractivity contribution is 5.95. The minimum absolute atomic E-state index is 0.00858. The molecule has 39 heavy (non-hydrogen) atoms. The summed E-state index contributed by atoms with van der Waals surface area (Å²) in [5.41, 5.74) is 5.16. The van der Waals surface area contributed by atoms with Gasteiger partial charge in [-0.3, -0.25) is 9.59 Å². The van der Waals surface area contributed by atoms with Crippen molar-refractivity contribution < 1.29 is 61.4 Å². The molecule has 0 spiro atoms. The van der Waals surface area contributed by atoms with Crippen molar-refractivity contribution in [1.82, 2.24) is 10.6 Å². The van der Waals surface area contributed by atoms with Crippen LogP contribution >= 0.6 is 0 Å². The van der Waals surface area contributed by atoms with Crippen LogP contribution in [-0.2, 0) is 23.7 Å². The molecule has 5 atom stereocenters. The van der Waals surface area contributed by atoms with E-state index in [1.165, 1.54) is 6.92 Å². The maximum absolute atomic E-state index is 14.0.